The number of fused-ring (bicyclic) bond motifs is 11. The second-order valence-corrected chi connectivity index (χ2v) is 13.1. The monoisotopic (exact) mass is 635 g/mol. The molecule has 49 heavy (non-hydrogen) atoms. The lowest BCUT2D eigenvalue weighted by molar-refractivity contribution is 0.388. The lowest BCUT2D eigenvalue weighted by Crippen LogP contribution is -2.12. The van der Waals surface area contributed by atoms with Crippen LogP contribution in [-0.2, 0) is 13.1 Å². The van der Waals surface area contributed by atoms with E-state index in [1.165, 1.54) is 0 Å². The van der Waals surface area contributed by atoms with E-state index in [4.69, 9.17) is 13.8 Å². The van der Waals surface area contributed by atoms with Crippen LogP contribution in [0.25, 0.3) is 89.9 Å². The third-order valence-electron chi connectivity index (χ3n) is 10.1. The predicted molar refractivity (Wildman–Crippen MR) is 196 cm³/mol. The van der Waals surface area contributed by atoms with Gasteiger partial charge in [-0.05, 0) is 114 Å². The van der Waals surface area contributed by atoms with Gasteiger partial charge in [0.15, 0.2) is 0 Å². The fraction of sp³-hybridized carbons (Fsp3) is 0.0714. The van der Waals surface area contributed by atoms with Gasteiger partial charge in [-0.25, -0.2) is 4.98 Å². The first-order valence-corrected chi connectivity index (χ1v) is 16.6. The smallest absolute Gasteiger partial charge is 0.220 e. The molecule has 7 heteroatoms. The zero-order valence-corrected chi connectivity index (χ0v) is 26.6. The standard InChI is InChI=1S/C42H29N5O2/c1-45-17-15-31-33-22-26(11-13-39(33)49-41(31)24-45)28-18-27(25-10-12-38-32(21-25)30-14-16-43-23-40(30)48-38)19-29(20-28)46-36-8-4-5-9-37(36)47-35-7-3-2-6-34(35)44-42(46)47/h2-22,43H,23-24H2,1H3. The molecule has 5 aromatic carbocycles. The lowest BCUT2D eigenvalue weighted by Gasteiger charge is -2.16. The Labute approximate surface area is 280 Å². The number of hydrogen-bond donors (Lipinski definition) is 1. The summed E-state index contributed by atoms with van der Waals surface area (Å²) in [6.45, 7) is 1.45. The SMILES string of the molecule is CN1C=Cc2c(oc3ccc(-c4cc(-c5ccc6oc7c(c6c5)C=CNC7)cc(-n5c6ccccc6n6c7ccccc7nc56)c4)cc23)C1. The first kappa shape index (κ1) is 26.6. The Hall–Kier alpha value is -6.47. The van der Waals surface area contributed by atoms with Crippen molar-refractivity contribution in [2.45, 2.75) is 13.1 Å². The number of para-hydroxylation sites is 4. The number of nitrogens with zero attached hydrogens (tertiary/aromatic N) is 4. The summed E-state index contributed by atoms with van der Waals surface area (Å²) >= 11 is 0. The highest BCUT2D eigenvalue weighted by molar-refractivity contribution is 5.96. The molecule has 0 spiro atoms. The quantitative estimate of drug-likeness (QED) is 0.209. The molecule has 11 rings (SSSR count). The van der Waals surface area contributed by atoms with Crippen LogP contribution in [-0.4, -0.2) is 25.9 Å². The van der Waals surface area contributed by atoms with E-state index >= 15 is 0 Å². The molecule has 0 radical (unpaired) electrons. The molecule has 1 N–H and O–H groups in total. The van der Waals surface area contributed by atoms with Gasteiger partial charge in [-0.1, -0.05) is 36.4 Å². The molecule has 4 aromatic heterocycles. The van der Waals surface area contributed by atoms with E-state index in [2.05, 4.69) is 142 Å². The maximum absolute atomic E-state index is 6.30. The van der Waals surface area contributed by atoms with Crippen molar-refractivity contribution in [1.82, 2.24) is 24.2 Å². The molecule has 2 aliphatic rings. The van der Waals surface area contributed by atoms with Crippen LogP contribution < -0.4 is 5.32 Å². The Balaban J connectivity index is 1.18. The minimum absolute atomic E-state index is 0.691. The molecule has 0 saturated carbocycles. The molecule has 0 fully saturated rings. The highest BCUT2D eigenvalue weighted by Crippen LogP contribution is 2.39. The Morgan fingerprint density at radius 3 is 2.10 bits per heavy atom. The van der Waals surface area contributed by atoms with Crippen molar-refractivity contribution in [3.05, 3.63) is 138 Å². The van der Waals surface area contributed by atoms with Gasteiger partial charge in [-0.3, -0.25) is 8.97 Å². The number of imidazole rings is 2. The van der Waals surface area contributed by atoms with Crippen LogP contribution in [0.2, 0.25) is 0 Å². The van der Waals surface area contributed by atoms with Crippen LogP contribution in [0, 0.1) is 0 Å². The Bertz CT molecular complexity index is 2890. The van der Waals surface area contributed by atoms with Crippen molar-refractivity contribution in [1.29, 1.82) is 0 Å². The van der Waals surface area contributed by atoms with E-state index < -0.39 is 0 Å². The number of nitrogens with one attached hydrogen (secondary N) is 1. The molecule has 7 nitrogen and oxygen atoms in total. The van der Waals surface area contributed by atoms with Gasteiger partial charge in [0.25, 0.3) is 0 Å². The zero-order chi connectivity index (χ0) is 32.2. The summed E-state index contributed by atoms with van der Waals surface area (Å²) in [6.07, 6.45) is 8.38. The van der Waals surface area contributed by atoms with Crippen LogP contribution in [0.4, 0.5) is 0 Å². The van der Waals surface area contributed by atoms with Crippen molar-refractivity contribution in [3.63, 3.8) is 0 Å². The van der Waals surface area contributed by atoms with Crippen molar-refractivity contribution in [2.75, 3.05) is 7.05 Å². The van der Waals surface area contributed by atoms with Crippen molar-refractivity contribution in [3.8, 4) is 27.9 Å². The maximum Gasteiger partial charge on any atom is 0.220 e. The number of rotatable bonds is 3. The molecule has 0 saturated heterocycles. The molecular formula is C42H29N5O2. The van der Waals surface area contributed by atoms with Gasteiger partial charge >= 0.3 is 0 Å². The summed E-state index contributed by atoms with van der Waals surface area (Å²) in [6, 6.07) is 36.9. The van der Waals surface area contributed by atoms with E-state index in [-0.39, 0.29) is 0 Å². The fourth-order valence-corrected chi connectivity index (χ4v) is 7.76. The molecule has 0 amide bonds. The molecule has 6 heterocycles. The van der Waals surface area contributed by atoms with E-state index in [9.17, 15) is 0 Å². The average molecular weight is 636 g/mol. The third-order valence-corrected chi connectivity index (χ3v) is 10.1. The van der Waals surface area contributed by atoms with Gasteiger partial charge in [0, 0.05) is 28.9 Å². The second kappa shape index (κ2) is 9.78. The molecule has 0 atom stereocenters. The van der Waals surface area contributed by atoms with Crippen LogP contribution >= 0.6 is 0 Å². The van der Waals surface area contributed by atoms with E-state index in [0.717, 1.165) is 107 Å². The molecular weight excluding hydrogens is 606 g/mol. The summed E-state index contributed by atoms with van der Waals surface area (Å²) < 4.78 is 17.1. The summed E-state index contributed by atoms with van der Waals surface area (Å²) in [5.41, 5.74) is 13.9. The summed E-state index contributed by atoms with van der Waals surface area (Å²) in [7, 11) is 2.07. The van der Waals surface area contributed by atoms with Gasteiger partial charge in [0.2, 0.25) is 5.78 Å². The largest absolute Gasteiger partial charge is 0.459 e. The normalized spacial score (nSPS) is 14.0. The van der Waals surface area contributed by atoms with Crippen LogP contribution in [0.15, 0.2) is 124 Å². The number of aromatic nitrogens is 3. The van der Waals surface area contributed by atoms with Crippen molar-refractivity contribution >= 4 is 61.9 Å². The van der Waals surface area contributed by atoms with E-state index in [1.807, 2.05) is 12.3 Å². The minimum Gasteiger partial charge on any atom is -0.459 e. The topological polar surface area (TPSA) is 63.8 Å². The van der Waals surface area contributed by atoms with Crippen molar-refractivity contribution < 1.29 is 8.83 Å². The first-order valence-electron chi connectivity index (χ1n) is 16.6. The average Bonchev–Trinajstić information content (AvgIpc) is 3.88. The predicted octanol–water partition coefficient (Wildman–Crippen LogP) is 9.75. The van der Waals surface area contributed by atoms with E-state index in [1.54, 1.807) is 0 Å². The van der Waals surface area contributed by atoms with Crippen molar-refractivity contribution in [2.24, 2.45) is 0 Å². The zero-order valence-electron chi connectivity index (χ0n) is 26.6. The lowest BCUT2D eigenvalue weighted by atomic mass is 9.95. The molecule has 0 bridgehead atoms. The van der Waals surface area contributed by atoms with Gasteiger partial charge < -0.3 is 19.1 Å². The molecule has 2 aliphatic heterocycles. The first-order chi connectivity index (χ1) is 24.2. The molecule has 0 unspecified atom stereocenters. The summed E-state index contributed by atoms with van der Waals surface area (Å²) in [5, 5.41) is 5.52. The number of benzene rings is 5. The van der Waals surface area contributed by atoms with E-state index in [0.29, 0.717) is 6.54 Å². The molecule has 9 aromatic rings. The van der Waals surface area contributed by atoms with Gasteiger partial charge in [-0.15, -0.1) is 0 Å². The fourth-order valence-electron chi connectivity index (χ4n) is 7.76. The van der Waals surface area contributed by atoms with Gasteiger partial charge in [0.1, 0.15) is 22.7 Å². The van der Waals surface area contributed by atoms with Gasteiger partial charge in [0.05, 0.1) is 40.8 Å². The Kier molecular flexibility index (Phi) is 5.30. The Morgan fingerprint density at radius 1 is 0.653 bits per heavy atom. The molecule has 0 aliphatic carbocycles. The maximum atomic E-state index is 6.30. The number of hydrogen-bond acceptors (Lipinski definition) is 5. The number of furan rings is 2. The molecule has 234 valence electrons. The van der Waals surface area contributed by atoms with Crippen LogP contribution in [0.1, 0.15) is 22.6 Å². The third kappa shape index (κ3) is 3.87. The highest BCUT2D eigenvalue weighted by Gasteiger charge is 2.21. The highest BCUT2D eigenvalue weighted by atomic mass is 16.3. The van der Waals surface area contributed by atoms with Crippen LogP contribution in [0.5, 0.6) is 0 Å². The Morgan fingerprint density at radius 2 is 1.33 bits per heavy atom. The summed E-state index contributed by atoms with van der Waals surface area (Å²) in [5.74, 6) is 2.85. The second-order valence-electron chi connectivity index (χ2n) is 13.1. The summed E-state index contributed by atoms with van der Waals surface area (Å²) in [4.78, 5) is 7.32. The van der Waals surface area contributed by atoms with Gasteiger partial charge in [-0.2, -0.15) is 0 Å². The minimum atomic E-state index is 0.691. The van der Waals surface area contributed by atoms with Crippen LogP contribution in [0.3, 0.4) is 0 Å².